The van der Waals surface area contributed by atoms with Crippen molar-refractivity contribution in [2.45, 2.75) is 6.92 Å². The van der Waals surface area contributed by atoms with Gasteiger partial charge in [0, 0.05) is 5.70 Å². The van der Waals surface area contributed by atoms with Crippen molar-refractivity contribution in [3.8, 4) is 0 Å². The molecule has 0 spiro atoms. The lowest BCUT2D eigenvalue weighted by Gasteiger charge is -1.91. The van der Waals surface area contributed by atoms with Gasteiger partial charge < -0.3 is 0 Å². The third kappa shape index (κ3) is 1.54. The number of rotatable bonds is 1. The summed E-state index contributed by atoms with van der Waals surface area (Å²) < 4.78 is 0. The summed E-state index contributed by atoms with van der Waals surface area (Å²) in [6, 6.07) is 0. The fourth-order valence-corrected chi connectivity index (χ4v) is 1.12. The molecule has 0 fully saturated rings. The highest BCUT2D eigenvalue weighted by Gasteiger charge is 2.10. The Morgan fingerprint density at radius 1 is 1.90 bits per heavy atom. The molecule has 0 radical (unpaired) electrons. The lowest BCUT2D eigenvalue weighted by atomic mass is 10.5. The molecular formula is C6H7N3S. The molecule has 10 heavy (non-hydrogen) atoms. The van der Waals surface area contributed by atoms with Crippen LogP contribution in [0.4, 0.5) is 0 Å². The van der Waals surface area contributed by atoms with E-state index >= 15 is 0 Å². The van der Waals surface area contributed by atoms with E-state index in [0.717, 1.165) is 0 Å². The van der Waals surface area contributed by atoms with Gasteiger partial charge in [-0.2, -0.15) is 0 Å². The minimum atomic E-state index is 0.230. The minimum absolute atomic E-state index is 0.230. The summed E-state index contributed by atoms with van der Waals surface area (Å²) in [5, 5.41) is 7.84. The highest BCUT2D eigenvalue weighted by atomic mass is 32.2. The van der Waals surface area contributed by atoms with Crippen LogP contribution in [0.15, 0.2) is 22.3 Å². The zero-order chi connectivity index (χ0) is 7.56. The summed E-state index contributed by atoms with van der Waals surface area (Å²) in [4.78, 5) is 7.71. The number of thioether (sulfide) groups is 1. The number of amidine groups is 1. The zero-order valence-electron chi connectivity index (χ0n) is 5.59. The fraction of sp³-hybridized carbons (Fsp3) is 0.167. The lowest BCUT2D eigenvalue weighted by molar-refractivity contribution is 1.34. The van der Waals surface area contributed by atoms with Crippen LogP contribution < -0.4 is 0 Å². The Labute approximate surface area is 63.5 Å². The topological polar surface area (TPSA) is 48.6 Å². The molecule has 1 heterocycles. The van der Waals surface area contributed by atoms with E-state index < -0.39 is 0 Å². The molecule has 0 unspecified atom stereocenters. The Kier molecular flexibility index (Phi) is 2.01. The van der Waals surface area contributed by atoms with Crippen LogP contribution in [0.2, 0.25) is 0 Å². The Morgan fingerprint density at radius 3 is 3.00 bits per heavy atom. The maximum atomic E-state index is 7.21. The molecule has 0 saturated heterocycles. The van der Waals surface area contributed by atoms with Crippen LogP contribution in [0, 0.1) is 5.41 Å². The fourth-order valence-electron chi connectivity index (χ4n) is 0.493. The molecule has 4 heteroatoms. The quantitative estimate of drug-likeness (QED) is 0.612. The van der Waals surface area contributed by atoms with Gasteiger partial charge in [0.05, 0.1) is 5.55 Å². The van der Waals surface area contributed by atoms with E-state index in [-0.39, 0.29) is 5.84 Å². The van der Waals surface area contributed by atoms with Gasteiger partial charge in [0.25, 0.3) is 0 Å². The smallest absolute Gasteiger partial charge is 0.178 e. The van der Waals surface area contributed by atoms with E-state index in [2.05, 4.69) is 16.6 Å². The first kappa shape index (κ1) is 7.21. The molecule has 0 aromatic heterocycles. The van der Waals surface area contributed by atoms with Crippen LogP contribution >= 0.6 is 11.8 Å². The maximum absolute atomic E-state index is 7.21. The maximum Gasteiger partial charge on any atom is 0.178 e. The summed E-state index contributed by atoms with van der Waals surface area (Å²) in [5.74, 6) is 0.230. The predicted octanol–water partition coefficient (Wildman–Crippen LogP) is 1.67. The largest absolute Gasteiger partial charge is 0.281 e. The summed E-state index contributed by atoms with van der Waals surface area (Å²) in [5.41, 5.74) is 2.31. The molecule has 0 bridgehead atoms. The zero-order valence-corrected chi connectivity index (χ0v) is 6.40. The monoisotopic (exact) mass is 153 g/mol. The number of nitrogens with zero attached hydrogens (tertiary/aromatic N) is 2. The van der Waals surface area contributed by atoms with Gasteiger partial charge >= 0.3 is 0 Å². The SMILES string of the molecule is C=C(C)N=C1SC=NC1=N. The number of nitrogens with one attached hydrogen (secondary N) is 1. The molecule has 3 nitrogen and oxygen atoms in total. The summed E-state index contributed by atoms with van der Waals surface area (Å²) in [7, 11) is 0. The normalized spacial score (nSPS) is 20.5. The third-order valence-electron chi connectivity index (χ3n) is 0.841. The average molecular weight is 153 g/mol. The van der Waals surface area contributed by atoms with E-state index in [9.17, 15) is 0 Å². The average Bonchev–Trinajstić information content (AvgIpc) is 2.15. The molecule has 1 aliphatic rings. The van der Waals surface area contributed by atoms with Crippen LogP contribution in [0.1, 0.15) is 6.92 Å². The summed E-state index contributed by atoms with van der Waals surface area (Å²) in [6.45, 7) is 5.39. The highest BCUT2D eigenvalue weighted by Crippen LogP contribution is 2.11. The van der Waals surface area contributed by atoms with Crippen LogP contribution in [0.25, 0.3) is 0 Å². The minimum Gasteiger partial charge on any atom is -0.281 e. The van der Waals surface area contributed by atoms with Crippen molar-refractivity contribution < 1.29 is 0 Å². The van der Waals surface area contributed by atoms with Crippen molar-refractivity contribution in [2.24, 2.45) is 9.98 Å². The lowest BCUT2D eigenvalue weighted by Crippen LogP contribution is -1.99. The van der Waals surface area contributed by atoms with Gasteiger partial charge in [0.1, 0.15) is 5.04 Å². The first-order valence-electron chi connectivity index (χ1n) is 2.72. The van der Waals surface area contributed by atoms with E-state index in [1.807, 2.05) is 0 Å². The molecule has 0 saturated carbocycles. The van der Waals surface area contributed by atoms with Crippen LogP contribution in [0.5, 0.6) is 0 Å². The van der Waals surface area contributed by atoms with Crippen molar-refractivity contribution in [2.75, 3.05) is 0 Å². The molecule has 1 N–H and O–H groups in total. The Morgan fingerprint density at radius 2 is 2.60 bits per heavy atom. The van der Waals surface area contributed by atoms with Crippen molar-refractivity contribution in [1.82, 2.24) is 0 Å². The summed E-state index contributed by atoms with van der Waals surface area (Å²) >= 11 is 1.35. The summed E-state index contributed by atoms with van der Waals surface area (Å²) in [6.07, 6.45) is 0. The van der Waals surface area contributed by atoms with Gasteiger partial charge in [-0.15, -0.1) is 0 Å². The van der Waals surface area contributed by atoms with Gasteiger partial charge in [-0.3, -0.25) is 5.41 Å². The van der Waals surface area contributed by atoms with Gasteiger partial charge in [0.15, 0.2) is 5.84 Å². The second-order valence-corrected chi connectivity index (χ2v) is 2.69. The molecule has 0 amide bonds. The van der Waals surface area contributed by atoms with Crippen molar-refractivity contribution in [1.29, 1.82) is 5.41 Å². The molecule has 1 rings (SSSR count). The van der Waals surface area contributed by atoms with Crippen molar-refractivity contribution in [3.05, 3.63) is 12.3 Å². The molecule has 1 aliphatic heterocycles. The van der Waals surface area contributed by atoms with E-state index in [0.29, 0.717) is 10.7 Å². The van der Waals surface area contributed by atoms with Gasteiger partial charge in [-0.05, 0) is 6.92 Å². The Balaban J connectivity index is 2.77. The predicted molar refractivity (Wildman–Crippen MR) is 46.1 cm³/mol. The van der Waals surface area contributed by atoms with Crippen molar-refractivity contribution in [3.63, 3.8) is 0 Å². The third-order valence-corrected chi connectivity index (χ3v) is 1.56. The molecule has 0 aromatic rings. The molecule has 0 aliphatic carbocycles. The molecular weight excluding hydrogens is 146 g/mol. The van der Waals surface area contributed by atoms with Crippen LogP contribution in [-0.2, 0) is 0 Å². The number of hydrogen-bond donors (Lipinski definition) is 1. The standard InChI is InChI=1S/C6H7N3S/c1-4(2)9-6-5(7)8-3-10-6/h3,7H,1H2,2H3. The first-order chi connectivity index (χ1) is 4.70. The van der Waals surface area contributed by atoms with Crippen LogP contribution in [-0.4, -0.2) is 16.4 Å². The highest BCUT2D eigenvalue weighted by molar-refractivity contribution is 8.27. The Hall–Kier alpha value is -0.900. The number of hydrogen-bond acceptors (Lipinski definition) is 3. The molecule has 52 valence electrons. The number of allylic oxidation sites excluding steroid dienone is 1. The van der Waals surface area contributed by atoms with E-state index in [1.54, 1.807) is 12.5 Å². The van der Waals surface area contributed by atoms with E-state index in [4.69, 9.17) is 5.41 Å². The van der Waals surface area contributed by atoms with Gasteiger partial charge in [0.2, 0.25) is 0 Å². The van der Waals surface area contributed by atoms with Gasteiger partial charge in [-0.1, -0.05) is 18.3 Å². The molecule has 0 atom stereocenters. The van der Waals surface area contributed by atoms with E-state index in [1.165, 1.54) is 11.8 Å². The second-order valence-electron chi connectivity index (χ2n) is 1.85. The molecule has 0 aromatic carbocycles. The second kappa shape index (κ2) is 2.79. The first-order valence-corrected chi connectivity index (χ1v) is 3.60. The number of aliphatic imine (C=N–C) groups is 2. The van der Waals surface area contributed by atoms with Crippen LogP contribution in [0.3, 0.4) is 0 Å². The van der Waals surface area contributed by atoms with Crippen molar-refractivity contribution >= 4 is 28.2 Å². The Bertz CT molecular complexity index is 239. The van der Waals surface area contributed by atoms with Gasteiger partial charge in [-0.25, -0.2) is 9.98 Å².